The maximum atomic E-state index is 11.0. The Hall–Kier alpha value is -0.536. The summed E-state index contributed by atoms with van der Waals surface area (Å²) in [6.45, 7) is 1.43. The van der Waals surface area contributed by atoms with Gasteiger partial charge < -0.3 is 9.53 Å². The Balaban J connectivity index is 0.00000169. The summed E-state index contributed by atoms with van der Waals surface area (Å²) >= 11 is 0. The predicted octanol–water partition coefficient (Wildman–Crippen LogP) is 1.47. The van der Waals surface area contributed by atoms with E-state index >= 15 is 0 Å². The van der Waals surface area contributed by atoms with Gasteiger partial charge in [0.1, 0.15) is 5.78 Å². The van der Waals surface area contributed by atoms with Crippen molar-refractivity contribution in [1.29, 1.82) is 0 Å². The molecule has 0 bridgehead atoms. The number of rotatable bonds is 2. The molecule has 0 amide bonds. The molecule has 4 heteroatoms. The average Bonchev–Trinajstić information content (AvgIpc) is 2.17. The fourth-order valence-electron chi connectivity index (χ4n) is 0.911. The van der Waals surface area contributed by atoms with Gasteiger partial charge in [-0.15, -0.1) is 6.07 Å². The summed E-state index contributed by atoms with van der Waals surface area (Å²) in [4.78, 5) is 22.0. The second kappa shape index (κ2) is 6.04. The molecule has 1 radical (unpaired) electrons. The van der Waals surface area contributed by atoms with E-state index in [0.717, 1.165) is 0 Å². The van der Waals surface area contributed by atoms with Crippen molar-refractivity contribution in [2.75, 3.05) is 7.11 Å². The Labute approximate surface area is 108 Å². The number of Topliss-reactive ketones (excluding diaryl/α,β-unsaturated/α-hetero) is 1. The molecule has 0 fully saturated rings. The van der Waals surface area contributed by atoms with E-state index in [4.69, 9.17) is 0 Å². The maximum Gasteiger partial charge on any atom is 0.280 e. The normalized spacial score (nSPS) is 8.71. The first-order chi connectivity index (χ1) is 6.15. The van der Waals surface area contributed by atoms with E-state index in [9.17, 15) is 9.59 Å². The van der Waals surface area contributed by atoms with E-state index in [1.165, 1.54) is 32.2 Å². The van der Waals surface area contributed by atoms with Gasteiger partial charge in [0.2, 0.25) is 0 Å². The number of methoxy groups -OCH3 is 1. The number of ketones is 1. The van der Waals surface area contributed by atoms with Crippen LogP contribution in [0.1, 0.15) is 27.6 Å². The van der Waals surface area contributed by atoms with Crippen LogP contribution >= 0.6 is 0 Å². The number of carbonyl (C=O) groups excluding carboxylic acids is 2. The van der Waals surface area contributed by atoms with Crippen LogP contribution in [-0.2, 0) is 37.4 Å². The van der Waals surface area contributed by atoms with Crippen LogP contribution in [-0.4, -0.2) is 18.9 Å². The molecule has 0 heterocycles. The molecule has 1 aromatic rings. The van der Waals surface area contributed by atoms with Crippen LogP contribution in [0.15, 0.2) is 18.2 Å². The predicted molar refractivity (Wildman–Crippen MR) is 46.6 cm³/mol. The minimum atomic E-state index is -0.459. The van der Waals surface area contributed by atoms with Gasteiger partial charge >= 0.3 is 0 Å². The van der Waals surface area contributed by atoms with Crippen molar-refractivity contribution in [1.82, 2.24) is 0 Å². The van der Waals surface area contributed by atoms with Crippen molar-refractivity contribution in [2.24, 2.45) is 0 Å². The summed E-state index contributed by atoms with van der Waals surface area (Å²) in [6, 6.07) is 7.22. The molecule has 0 saturated carbocycles. The van der Waals surface area contributed by atoms with Crippen molar-refractivity contribution >= 4 is 11.8 Å². The molecule has 71 valence electrons. The van der Waals surface area contributed by atoms with Gasteiger partial charge in [-0.2, -0.15) is 18.2 Å². The number of benzene rings is 1. The molecule has 0 atom stereocenters. The van der Waals surface area contributed by atoms with Gasteiger partial charge in [0.15, 0.2) is 0 Å². The van der Waals surface area contributed by atoms with Gasteiger partial charge in [-0.25, -0.2) is 0 Å². The second-order valence-electron chi connectivity index (χ2n) is 2.56. The number of carbonyl (C=O) groups is 2. The van der Waals surface area contributed by atoms with Crippen LogP contribution in [0.3, 0.4) is 0 Å². The minimum Gasteiger partial charge on any atom is -0.475 e. The zero-order chi connectivity index (χ0) is 9.84. The van der Waals surface area contributed by atoms with Crippen LogP contribution in [0.2, 0.25) is 0 Å². The Bertz CT molecular complexity index is 347. The molecular formula is C10H9O3Y-. The van der Waals surface area contributed by atoms with Crippen LogP contribution in [0.5, 0.6) is 0 Å². The molecule has 1 rings (SSSR count). The molecule has 0 N–H and O–H groups in total. The standard InChI is InChI=1S/C10H9O3.Y/c1-7(11)8-4-3-5-9(6-8)10(12)13-2;/h4-6H,1-2H3;/q-1;. The third-order valence-corrected chi connectivity index (χ3v) is 1.62. The Morgan fingerprint density at radius 1 is 1.29 bits per heavy atom. The van der Waals surface area contributed by atoms with Gasteiger partial charge in [-0.1, -0.05) is 5.56 Å². The van der Waals surface area contributed by atoms with Crippen LogP contribution in [0.25, 0.3) is 0 Å². The molecule has 1 aromatic carbocycles. The zero-order valence-corrected chi connectivity index (χ0v) is 10.9. The summed E-state index contributed by atoms with van der Waals surface area (Å²) < 4.78 is 4.50. The first-order valence-corrected chi connectivity index (χ1v) is 3.75. The summed E-state index contributed by atoms with van der Waals surface area (Å²) in [5.41, 5.74) is 0.804. The first kappa shape index (κ1) is 13.5. The fraction of sp³-hybridized carbons (Fsp3) is 0.200. The number of hydrogen-bond donors (Lipinski definition) is 0. The Kier molecular flexibility index (Phi) is 5.81. The average molecular weight is 266 g/mol. The van der Waals surface area contributed by atoms with E-state index in [-0.39, 0.29) is 38.5 Å². The minimum absolute atomic E-state index is 0. The fourth-order valence-corrected chi connectivity index (χ4v) is 0.911. The van der Waals surface area contributed by atoms with Gasteiger partial charge in [0.25, 0.3) is 5.97 Å². The summed E-state index contributed by atoms with van der Waals surface area (Å²) in [5, 5.41) is 0. The number of esters is 1. The molecular weight excluding hydrogens is 257 g/mol. The van der Waals surface area contributed by atoms with Crippen LogP contribution < -0.4 is 0 Å². The molecule has 0 aliphatic rings. The third kappa shape index (κ3) is 3.31. The Morgan fingerprint density at radius 2 is 1.86 bits per heavy atom. The SMILES string of the molecule is COC(=O)c1c[c-]cc(C(C)=O)c1.[Y]. The zero-order valence-electron chi connectivity index (χ0n) is 8.03. The molecule has 0 aromatic heterocycles. The van der Waals surface area contributed by atoms with Gasteiger partial charge in [0.05, 0.1) is 7.11 Å². The quantitative estimate of drug-likeness (QED) is 0.462. The van der Waals surface area contributed by atoms with Gasteiger partial charge in [0, 0.05) is 32.7 Å². The maximum absolute atomic E-state index is 11.0. The summed E-state index contributed by atoms with van der Waals surface area (Å²) in [5.74, 6) is -0.554. The largest absolute Gasteiger partial charge is 0.475 e. The van der Waals surface area contributed by atoms with Crippen LogP contribution in [0.4, 0.5) is 0 Å². The van der Waals surface area contributed by atoms with Crippen molar-refractivity contribution in [3.8, 4) is 0 Å². The monoisotopic (exact) mass is 266 g/mol. The van der Waals surface area contributed by atoms with Crippen LogP contribution in [0, 0.1) is 6.07 Å². The molecule has 0 spiro atoms. The first-order valence-electron chi connectivity index (χ1n) is 3.75. The molecule has 0 saturated heterocycles. The van der Waals surface area contributed by atoms with Gasteiger partial charge in [-0.05, 0) is 12.5 Å². The summed E-state index contributed by atoms with van der Waals surface area (Å²) in [7, 11) is 1.29. The third-order valence-electron chi connectivity index (χ3n) is 1.62. The van der Waals surface area contributed by atoms with E-state index in [2.05, 4.69) is 10.8 Å². The van der Waals surface area contributed by atoms with Crippen molar-refractivity contribution in [2.45, 2.75) is 6.92 Å². The molecule has 0 aliphatic carbocycles. The van der Waals surface area contributed by atoms with Crippen molar-refractivity contribution < 1.29 is 47.0 Å². The van der Waals surface area contributed by atoms with Crippen molar-refractivity contribution in [3.63, 3.8) is 0 Å². The van der Waals surface area contributed by atoms with E-state index in [1.54, 1.807) is 0 Å². The molecule has 0 unspecified atom stereocenters. The number of ether oxygens (including phenoxy) is 1. The molecule has 14 heavy (non-hydrogen) atoms. The second-order valence-corrected chi connectivity index (χ2v) is 2.56. The topological polar surface area (TPSA) is 43.4 Å². The Morgan fingerprint density at radius 3 is 2.36 bits per heavy atom. The summed E-state index contributed by atoms with van der Waals surface area (Å²) in [6.07, 6.45) is 0. The smallest absolute Gasteiger partial charge is 0.280 e. The van der Waals surface area contributed by atoms with Gasteiger partial charge in [-0.3, -0.25) is 4.79 Å². The number of hydrogen-bond acceptors (Lipinski definition) is 3. The molecule has 0 aliphatic heterocycles. The van der Waals surface area contributed by atoms with E-state index < -0.39 is 5.97 Å². The van der Waals surface area contributed by atoms with Crippen molar-refractivity contribution in [3.05, 3.63) is 35.4 Å². The molecule has 3 nitrogen and oxygen atoms in total. The van der Waals surface area contributed by atoms with E-state index in [0.29, 0.717) is 11.1 Å². The van der Waals surface area contributed by atoms with E-state index in [1.807, 2.05) is 0 Å².